The number of nitrogens with one attached hydrogen (secondary N) is 1. The summed E-state index contributed by atoms with van der Waals surface area (Å²) in [4.78, 5) is 10.4. The van der Waals surface area contributed by atoms with Gasteiger partial charge in [-0.15, -0.1) is 0 Å². The number of hydrogen-bond donors (Lipinski definition) is 2. The van der Waals surface area contributed by atoms with Crippen molar-refractivity contribution in [2.75, 3.05) is 27.4 Å². The molecule has 0 bridgehead atoms. The summed E-state index contributed by atoms with van der Waals surface area (Å²) in [7, 11) is 3.08. The second-order valence-electron chi connectivity index (χ2n) is 3.62. The van der Waals surface area contributed by atoms with Crippen molar-refractivity contribution in [1.29, 1.82) is 0 Å². The van der Waals surface area contributed by atoms with Crippen molar-refractivity contribution in [3.8, 4) is 11.5 Å². The molecule has 1 aromatic carbocycles. The van der Waals surface area contributed by atoms with E-state index in [2.05, 4.69) is 10.1 Å². The van der Waals surface area contributed by atoms with Gasteiger partial charge in [-0.3, -0.25) is 0 Å². The molecule has 6 nitrogen and oxygen atoms in total. The molecule has 0 atom stereocenters. The van der Waals surface area contributed by atoms with Gasteiger partial charge < -0.3 is 25.3 Å². The highest BCUT2D eigenvalue weighted by Gasteiger charge is 2.12. The SMILES string of the molecule is COc1ccc(CNCCOC(N)=O)c(Cl)c1OC. The third-order valence-electron chi connectivity index (χ3n) is 2.40. The van der Waals surface area contributed by atoms with Gasteiger partial charge in [0, 0.05) is 13.1 Å². The van der Waals surface area contributed by atoms with Gasteiger partial charge in [-0.2, -0.15) is 0 Å². The molecule has 7 heteroatoms. The average molecular weight is 289 g/mol. The van der Waals surface area contributed by atoms with E-state index < -0.39 is 6.09 Å². The smallest absolute Gasteiger partial charge is 0.404 e. The van der Waals surface area contributed by atoms with Crippen molar-refractivity contribution in [1.82, 2.24) is 5.32 Å². The van der Waals surface area contributed by atoms with Gasteiger partial charge in [-0.05, 0) is 11.6 Å². The number of benzene rings is 1. The molecule has 19 heavy (non-hydrogen) atoms. The highest BCUT2D eigenvalue weighted by molar-refractivity contribution is 6.33. The van der Waals surface area contributed by atoms with Gasteiger partial charge in [0.05, 0.1) is 19.2 Å². The van der Waals surface area contributed by atoms with E-state index in [0.717, 1.165) is 5.56 Å². The lowest BCUT2D eigenvalue weighted by Crippen LogP contribution is -2.23. The predicted molar refractivity (Wildman–Crippen MR) is 71.8 cm³/mol. The molecule has 0 fully saturated rings. The molecule has 0 aromatic heterocycles. The molecule has 0 aliphatic carbocycles. The third-order valence-corrected chi connectivity index (χ3v) is 2.82. The number of carbonyl (C=O) groups excluding carboxylic acids is 1. The number of halogens is 1. The van der Waals surface area contributed by atoms with Crippen molar-refractivity contribution < 1.29 is 19.0 Å². The molecule has 0 radical (unpaired) electrons. The second-order valence-corrected chi connectivity index (χ2v) is 4.00. The van der Waals surface area contributed by atoms with Gasteiger partial charge in [0.25, 0.3) is 0 Å². The van der Waals surface area contributed by atoms with Gasteiger partial charge >= 0.3 is 6.09 Å². The Kier molecular flexibility index (Phi) is 6.24. The second kappa shape index (κ2) is 7.70. The number of rotatable bonds is 7. The first kappa shape index (κ1) is 15.4. The molecule has 0 heterocycles. The maximum Gasteiger partial charge on any atom is 0.404 e. The Labute approximate surface area is 116 Å². The van der Waals surface area contributed by atoms with Crippen LogP contribution >= 0.6 is 11.6 Å². The molecular weight excluding hydrogens is 272 g/mol. The van der Waals surface area contributed by atoms with Crippen molar-refractivity contribution in [2.45, 2.75) is 6.54 Å². The molecular formula is C12H17ClN2O4. The van der Waals surface area contributed by atoms with Crippen LogP contribution in [0.1, 0.15) is 5.56 Å². The Balaban J connectivity index is 2.57. The zero-order valence-electron chi connectivity index (χ0n) is 10.9. The first-order valence-corrected chi connectivity index (χ1v) is 6.00. The fraction of sp³-hybridized carbons (Fsp3) is 0.417. The Morgan fingerprint density at radius 1 is 1.37 bits per heavy atom. The molecule has 3 N–H and O–H groups in total. The first-order chi connectivity index (χ1) is 9.10. The van der Waals surface area contributed by atoms with E-state index in [4.69, 9.17) is 26.8 Å². The zero-order valence-corrected chi connectivity index (χ0v) is 11.6. The number of hydrogen-bond acceptors (Lipinski definition) is 5. The number of methoxy groups -OCH3 is 2. The van der Waals surface area contributed by atoms with Crippen LogP contribution in [0.3, 0.4) is 0 Å². The van der Waals surface area contributed by atoms with Crippen LogP contribution in [-0.2, 0) is 11.3 Å². The lowest BCUT2D eigenvalue weighted by Gasteiger charge is -2.13. The minimum atomic E-state index is -0.786. The van der Waals surface area contributed by atoms with Crippen LogP contribution in [0, 0.1) is 0 Å². The van der Waals surface area contributed by atoms with E-state index in [9.17, 15) is 4.79 Å². The zero-order chi connectivity index (χ0) is 14.3. The quantitative estimate of drug-likeness (QED) is 0.744. The molecule has 0 saturated carbocycles. The lowest BCUT2D eigenvalue weighted by atomic mass is 10.2. The van der Waals surface area contributed by atoms with E-state index in [1.165, 1.54) is 7.11 Å². The summed E-state index contributed by atoms with van der Waals surface area (Å²) in [6.07, 6.45) is -0.786. The molecule has 1 aromatic rings. The molecule has 0 aliphatic rings. The van der Waals surface area contributed by atoms with Crippen molar-refractivity contribution in [3.05, 3.63) is 22.7 Å². The van der Waals surface area contributed by atoms with Crippen LogP contribution in [0.4, 0.5) is 4.79 Å². The summed E-state index contributed by atoms with van der Waals surface area (Å²) in [5.41, 5.74) is 5.70. The summed E-state index contributed by atoms with van der Waals surface area (Å²) in [5, 5.41) is 3.56. The number of ether oxygens (including phenoxy) is 3. The minimum Gasteiger partial charge on any atom is -0.493 e. The van der Waals surface area contributed by atoms with Gasteiger partial charge in [0.1, 0.15) is 6.61 Å². The van der Waals surface area contributed by atoms with Gasteiger partial charge in [-0.1, -0.05) is 17.7 Å². The van der Waals surface area contributed by atoms with Crippen molar-refractivity contribution >= 4 is 17.7 Å². The highest BCUT2D eigenvalue weighted by atomic mass is 35.5. The van der Waals surface area contributed by atoms with Crippen LogP contribution in [0.25, 0.3) is 0 Å². The van der Waals surface area contributed by atoms with E-state index in [1.54, 1.807) is 13.2 Å². The van der Waals surface area contributed by atoms with Crippen molar-refractivity contribution in [3.63, 3.8) is 0 Å². The largest absolute Gasteiger partial charge is 0.493 e. The molecule has 106 valence electrons. The topological polar surface area (TPSA) is 82.8 Å². The monoisotopic (exact) mass is 288 g/mol. The fourth-order valence-electron chi connectivity index (χ4n) is 1.51. The summed E-state index contributed by atoms with van der Waals surface area (Å²) in [6, 6.07) is 3.62. The first-order valence-electron chi connectivity index (χ1n) is 5.62. The fourth-order valence-corrected chi connectivity index (χ4v) is 1.81. The third kappa shape index (κ3) is 4.50. The number of carbonyl (C=O) groups is 1. The number of primary amides is 1. The van der Waals surface area contributed by atoms with Gasteiger partial charge in [0.2, 0.25) is 0 Å². The lowest BCUT2D eigenvalue weighted by molar-refractivity contribution is 0.157. The summed E-state index contributed by atoms with van der Waals surface area (Å²) >= 11 is 6.21. The maximum absolute atomic E-state index is 10.4. The van der Waals surface area contributed by atoms with Crippen LogP contribution in [0.15, 0.2) is 12.1 Å². The summed E-state index contributed by atoms with van der Waals surface area (Å²) in [5.74, 6) is 1.07. The maximum atomic E-state index is 10.4. The predicted octanol–water partition coefficient (Wildman–Crippen LogP) is 1.54. The highest BCUT2D eigenvalue weighted by Crippen LogP contribution is 2.37. The number of nitrogens with two attached hydrogens (primary N) is 1. The number of amides is 1. The Morgan fingerprint density at radius 3 is 2.68 bits per heavy atom. The molecule has 0 saturated heterocycles. The summed E-state index contributed by atoms with van der Waals surface area (Å²) in [6.45, 7) is 1.20. The molecule has 0 spiro atoms. The molecule has 0 unspecified atom stereocenters. The van der Waals surface area contributed by atoms with Gasteiger partial charge in [0.15, 0.2) is 11.5 Å². The van der Waals surface area contributed by atoms with E-state index in [1.807, 2.05) is 6.07 Å². The standard InChI is InChI=1S/C12H17ClN2O4/c1-17-9-4-3-8(10(13)11(9)18-2)7-15-5-6-19-12(14)16/h3-4,15H,5-7H2,1-2H3,(H2,14,16). The Bertz CT molecular complexity index is 440. The van der Waals surface area contributed by atoms with Crippen LogP contribution < -0.4 is 20.5 Å². The Hall–Kier alpha value is -1.66. The molecule has 1 amide bonds. The minimum absolute atomic E-state index is 0.209. The molecule has 1 rings (SSSR count). The average Bonchev–Trinajstić information content (AvgIpc) is 2.39. The van der Waals surface area contributed by atoms with E-state index in [-0.39, 0.29) is 6.61 Å². The van der Waals surface area contributed by atoms with Gasteiger partial charge in [-0.25, -0.2) is 4.79 Å². The van der Waals surface area contributed by atoms with Crippen LogP contribution in [-0.4, -0.2) is 33.5 Å². The molecule has 0 aliphatic heterocycles. The Morgan fingerprint density at radius 2 is 2.11 bits per heavy atom. The van der Waals surface area contributed by atoms with E-state index >= 15 is 0 Å². The van der Waals surface area contributed by atoms with Crippen molar-refractivity contribution in [2.24, 2.45) is 5.73 Å². The summed E-state index contributed by atoms with van der Waals surface area (Å²) < 4.78 is 14.9. The van der Waals surface area contributed by atoms with Crippen LogP contribution in [0.5, 0.6) is 11.5 Å². The van der Waals surface area contributed by atoms with E-state index in [0.29, 0.717) is 29.6 Å². The normalized spacial score (nSPS) is 10.1. The van der Waals surface area contributed by atoms with Crippen LogP contribution in [0.2, 0.25) is 5.02 Å².